The molecule has 0 radical (unpaired) electrons. The van der Waals surface area contributed by atoms with Crippen molar-refractivity contribution in [1.29, 1.82) is 0 Å². The second kappa shape index (κ2) is 10.8. The summed E-state index contributed by atoms with van der Waals surface area (Å²) in [6.45, 7) is 6.34. The van der Waals surface area contributed by atoms with Crippen LogP contribution in [0.3, 0.4) is 0 Å². The maximum absolute atomic E-state index is 12.7. The number of ether oxygens (including phenoxy) is 1. The van der Waals surface area contributed by atoms with E-state index in [-0.39, 0.29) is 16.0 Å². The van der Waals surface area contributed by atoms with Gasteiger partial charge in [-0.3, -0.25) is 14.5 Å². The van der Waals surface area contributed by atoms with Gasteiger partial charge in [0.05, 0.1) is 10.5 Å². The zero-order valence-electron chi connectivity index (χ0n) is 19.8. The number of nitrogens with zero attached hydrogens (tertiary/aromatic N) is 1. The largest absolute Gasteiger partial charge is 0.452 e. The molecule has 0 bridgehead atoms. The Morgan fingerprint density at radius 2 is 1.76 bits per heavy atom. The molecule has 0 fully saturated rings. The van der Waals surface area contributed by atoms with Gasteiger partial charge in [0.1, 0.15) is 5.84 Å². The summed E-state index contributed by atoms with van der Waals surface area (Å²) in [6, 6.07) is 12.9. The summed E-state index contributed by atoms with van der Waals surface area (Å²) in [4.78, 5) is 28.8. The first-order valence-electron chi connectivity index (χ1n) is 11.3. The highest BCUT2D eigenvalue weighted by Crippen LogP contribution is 2.22. The van der Waals surface area contributed by atoms with Crippen LogP contribution in [0.25, 0.3) is 0 Å². The fourth-order valence-electron chi connectivity index (χ4n) is 3.43. The van der Waals surface area contributed by atoms with Gasteiger partial charge in [-0.2, -0.15) is 0 Å². The molecule has 2 aromatic carbocycles. The second-order valence-corrected chi connectivity index (χ2v) is 10.9. The molecule has 2 N–H and O–H groups in total. The normalized spacial score (nSPS) is 14.5. The van der Waals surface area contributed by atoms with Crippen LogP contribution in [0.4, 0.5) is 5.69 Å². The number of rotatable bonds is 6. The molecule has 0 saturated carbocycles. The standard InChI is InChI=1S/C25H31N3O5S/c1-25(2,3)19-13-11-18(12-14-19)24(30)33-17-23(29)27-20-8-7-9-21(16-20)34(31,32)28-22-10-5-4-6-15-26-22/h7-9,11-14,16H,4-6,10,15,17H2,1-3H3,(H,26,28)(H,27,29). The van der Waals surface area contributed by atoms with Gasteiger partial charge >= 0.3 is 5.97 Å². The van der Waals surface area contributed by atoms with Crippen LogP contribution in [-0.4, -0.2) is 39.3 Å². The van der Waals surface area contributed by atoms with Gasteiger partial charge in [0.2, 0.25) is 0 Å². The molecule has 1 amide bonds. The lowest BCUT2D eigenvalue weighted by atomic mass is 9.87. The summed E-state index contributed by atoms with van der Waals surface area (Å²) in [5, 5.41) is 2.57. The van der Waals surface area contributed by atoms with E-state index in [1.165, 1.54) is 18.2 Å². The third-order valence-corrected chi connectivity index (χ3v) is 6.75. The van der Waals surface area contributed by atoms with Crippen molar-refractivity contribution in [2.24, 2.45) is 4.99 Å². The van der Waals surface area contributed by atoms with Crippen LogP contribution in [-0.2, 0) is 25.0 Å². The van der Waals surface area contributed by atoms with E-state index >= 15 is 0 Å². The van der Waals surface area contributed by atoms with E-state index in [4.69, 9.17) is 4.74 Å². The van der Waals surface area contributed by atoms with Gasteiger partial charge in [-0.25, -0.2) is 13.2 Å². The van der Waals surface area contributed by atoms with E-state index in [2.05, 4.69) is 35.8 Å². The van der Waals surface area contributed by atoms with Gasteiger partial charge in [0.25, 0.3) is 15.9 Å². The van der Waals surface area contributed by atoms with Crippen LogP contribution in [0.5, 0.6) is 0 Å². The minimum Gasteiger partial charge on any atom is -0.452 e. The van der Waals surface area contributed by atoms with E-state index in [1.807, 2.05) is 12.1 Å². The fourth-order valence-corrected chi connectivity index (χ4v) is 4.56. The first-order chi connectivity index (χ1) is 16.0. The number of benzene rings is 2. The Morgan fingerprint density at radius 1 is 1.03 bits per heavy atom. The maximum Gasteiger partial charge on any atom is 0.338 e. The quantitative estimate of drug-likeness (QED) is 0.600. The van der Waals surface area contributed by atoms with E-state index in [9.17, 15) is 18.0 Å². The Hall–Kier alpha value is -3.20. The summed E-state index contributed by atoms with van der Waals surface area (Å²) < 4.78 is 33.1. The van der Waals surface area contributed by atoms with Gasteiger partial charge in [-0.05, 0) is 54.2 Å². The summed E-state index contributed by atoms with van der Waals surface area (Å²) >= 11 is 0. The molecule has 0 aromatic heterocycles. The SMILES string of the molecule is CC(C)(C)c1ccc(C(=O)OCC(=O)Nc2cccc(S(=O)(=O)NC3=NCCCCC3)c2)cc1. The molecule has 1 heterocycles. The Kier molecular flexibility index (Phi) is 8.09. The second-order valence-electron chi connectivity index (χ2n) is 9.22. The number of carbonyl (C=O) groups excluding carboxylic acids is 2. The van der Waals surface area contributed by atoms with Crippen LogP contribution < -0.4 is 10.0 Å². The van der Waals surface area contributed by atoms with Crippen molar-refractivity contribution in [3.8, 4) is 0 Å². The molecule has 0 aliphatic carbocycles. The predicted octanol–water partition coefficient (Wildman–Crippen LogP) is 4.03. The smallest absolute Gasteiger partial charge is 0.338 e. The van der Waals surface area contributed by atoms with Crippen molar-refractivity contribution >= 4 is 33.4 Å². The first kappa shape index (κ1) is 25.4. The summed E-state index contributed by atoms with van der Waals surface area (Å²) in [5.74, 6) is -0.731. The zero-order valence-corrected chi connectivity index (χ0v) is 20.6. The van der Waals surface area contributed by atoms with Gasteiger partial charge in [-0.15, -0.1) is 0 Å². The topological polar surface area (TPSA) is 114 Å². The number of esters is 1. The Labute approximate surface area is 200 Å². The van der Waals surface area contributed by atoms with Crippen LogP contribution in [0.1, 0.15) is 62.4 Å². The van der Waals surface area contributed by atoms with Crippen molar-refractivity contribution in [2.75, 3.05) is 18.5 Å². The monoisotopic (exact) mass is 485 g/mol. The van der Waals surface area contributed by atoms with Crippen LogP contribution in [0.15, 0.2) is 58.4 Å². The maximum atomic E-state index is 12.7. The number of hydrogen-bond donors (Lipinski definition) is 2. The number of nitrogens with one attached hydrogen (secondary N) is 2. The van der Waals surface area contributed by atoms with E-state index in [0.717, 1.165) is 24.8 Å². The van der Waals surface area contributed by atoms with Crippen LogP contribution >= 0.6 is 0 Å². The molecule has 8 nitrogen and oxygen atoms in total. The van der Waals surface area contributed by atoms with Crippen molar-refractivity contribution in [1.82, 2.24) is 4.72 Å². The number of hydrogen-bond acceptors (Lipinski definition) is 6. The lowest BCUT2D eigenvalue weighted by molar-refractivity contribution is -0.119. The Morgan fingerprint density at radius 3 is 2.47 bits per heavy atom. The molecule has 1 aliphatic heterocycles. The molecule has 9 heteroatoms. The van der Waals surface area contributed by atoms with Crippen molar-refractivity contribution in [3.05, 3.63) is 59.7 Å². The van der Waals surface area contributed by atoms with Crippen molar-refractivity contribution < 1.29 is 22.7 Å². The number of amides is 1. The molecule has 2 aromatic rings. The fraction of sp³-hybridized carbons (Fsp3) is 0.400. The van der Waals surface area contributed by atoms with E-state index in [1.54, 1.807) is 18.2 Å². The third kappa shape index (κ3) is 7.15. The summed E-state index contributed by atoms with van der Waals surface area (Å²) in [6.07, 6.45) is 3.43. The highest BCUT2D eigenvalue weighted by Gasteiger charge is 2.19. The van der Waals surface area contributed by atoms with Crippen molar-refractivity contribution in [3.63, 3.8) is 0 Å². The average Bonchev–Trinajstić information content (AvgIpc) is 3.05. The minimum absolute atomic E-state index is 0.00757. The summed E-state index contributed by atoms with van der Waals surface area (Å²) in [7, 11) is -3.83. The van der Waals surface area contributed by atoms with Crippen LogP contribution in [0, 0.1) is 0 Å². The molecule has 1 aliphatic rings. The van der Waals surface area contributed by atoms with E-state index < -0.39 is 28.5 Å². The van der Waals surface area contributed by atoms with E-state index in [0.29, 0.717) is 24.4 Å². The highest BCUT2D eigenvalue weighted by molar-refractivity contribution is 7.90. The zero-order chi connectivity index (χ0) is 24.8. The molecular formula is C25H31N3O5S. The Bertz CT molecular complexity index is 1170. The molecule has 0 unspecified atom stereocenters. The van der Waals surface area contributed by atoms with Crippen molar-refractivity contribution in [2.45, 2.75) is 56.8 Å². The number of anilines is 1. The molecule has 182 valence electrons. The highest BCUT2D eigenvalue weighted by atomic mass is 32.2. The molecule has 0 atom stereocenters. The Balaban J connectivity index is 1.57. The lowest BCUT2D eigenvalue weighted by Gasteiger charge is -2.18. The number of sulfonamides is 1. The average molecular weight is 486 g/mol. The number of amidine groups is 1. The van der Waals surface area contributed by atoms with Gasteiger partial charge in [0, 0.05) is 18.7 Å². The molecule has 34 heavy (non-hydrogen) atoms. The number of aliphatic imine (C=N–C) groups is 1. The predicted molar refractivity (Wildman–Crippen MR) is 132 cm³/mol. The van der Waals surface area contributed by atoms with Gasteiger partial charge in [0.15, 0.2) is 6.61 Å². The molecule has 0 spiro atoms. The molecule has 0 saturated heterocycles. The van der Waals surface area contributed by atoms with Gasteiger partial charge < -0.3 is 10.1 Å². The third-order valence-electron chi connectivity index (χ3n) is 5.38. The van der Waals surface area contributed by atoms with Crippen LogP contribution in [0.2, 0.25) is 0 Å². The molecule has 3 rings (SSSR count). The minimum atomic E-state index is -3.83. The summed E-state index contributed by atoms with van der Waals surface area (Å²) in [5.41, 5.74) is 1.67. The number of carbonyl (C=O) groups is 2. The van der Waals surface area contributed by atoms with Gasteiger partial charge in [-0.1, -0.05) is 45.4 Å². The molecular weight excluding hydrogens is 454 g/mol. The lowest BCUT2D eigenvalue weighted by Crippen LogP contribution is -2.30. The first-order valence-corrected chi connectivity index (χ1v) is 12.8.